The van der Waals surface area contributed by atoms with E-state index in [0.29, 0.717) is 6.07 Å². The van der Waals surface area contributed by atoms with Crippen LogP contribution in [-0.2, 0) is 11.3 Å². The molecule has 5 N–H and O–H groups in total. The first kappa shape index (κ1) is 30.9. The van der Waals surface area contributed by atoms with Crippen LogP contribution in [0.25, 0.3) is 11.1 Å². The fourth-order valence-corrected chi connectivity index (χ4v) is 5.49. The van der Waals surface area contributed by atoms with E-state index in [-0.39, 0.29) is 65.1 Å². The van der Waals surface area contributed by atoms with Crippen molar-refractivity contribution in [2.24, 2.45) is 0 Å². The van der Waals surface area contributed by atoms with Gasteiger partial charge >= 0.3 is 0 Å². The fourth-order valence-electron chi connectivity index (χ4n) is 5.49. The molecule has 3 heterocycles. The summed E-state index contributed by atoms with van der Waals surface area (Å²) in [5, 5.41) is 23.0. The highest BCUT2D eigenvalue weighted by atomic mass is 19.1. The highest BCUT2D eigenvalue weighted by molar-refractivity contribution is 6.08. The third-order valence-corrected chi connectivity index (χ3v) is 7.54. The Morgan fingerprint density at radius 1 is 1.04 bits per heavy atom. The summed E-state index contributed by atoms with van der Waals surface area (Å²) >= 11 is 0. The number of amides is 1. The number of hydrogen-bond acceptors (Lipinski definition) is 9. The maximum atomic E-state index is 14.6. The number of aromatic nitrogens is 3. The number of nitrogens with zero attached hydrogens (tertiary/aromatic N) is 5. The number of carbonyl (C=O) groups excluding carboxylic acids is 1. The molecule has 6 rings (SSSR count). The number of nitrogens with one attached hydrogen (secondary N) is 2. The van der Waals surface area contributed by atoms with E-state index in [1.807, 2.05) is 36.4 Å². The van der Waals surface area contributed by atoms with Crippen molar-refractivity contribution in [1.82, 2.24) is 14.6 Å². The van der Waals surface area contributed by atoms with Gasteiger partial charge in [-0.3, -0.25) is 14.4 Å². The third kappa shape index (κ3) is 6.51. The van der Waals surface area contributed by atoms with Gasteiger partial charge in [-0.2, -0.15) is 5.26 Å². The number of carbonyl (C=O) groups is 1. The average Bonchev–Trinajstić information content (AvgIpc) is 3.45. The molecule has 5 aromatic rings. The summed E-state index contributed by atoms with van der Waals surface area (Å²) < 4.78 is 50.8. The number of hydrogen-bond donors (Lipinski definition) is 4. The van der Waals surface area contributed by atoms with E-state index in [9.17, 15) is 28.3 Å². The zero-order valence-electron chi connectivity index (χ0n) is 24.6. The minimum absolute atomic E-state index is 0.0327. The summed E-state index contributed by atoms with van der Waals surface area (Å²) in [6.45, 7) is 0.424. The summed E-state index contributed by atoms with van der Waals surface area (Å²) in [6.07, 6.45) is 1.80. The number of anilines is 3. The Labute approximate surface area is 266 Å². The van der Waals surface area contributed by atoms with Gasteiger partial charge in [-0.15, -0.1) is 0 Å². The summed E-state index contributed by atoms with van der Waals surface area (Å²) in [5.41, 5.74) is 10.6. The molecule has 0 fully saturated rings. The highest BCUT2D eigenvalue weighted by Crippen LogP contribution is 2.35. The van der Waals surface area contributed by atoms with Gasteiger partial charge in [0.2, 0.25) is 0 Å². The Bertz CT molecular complexity index is 1940. The topological polar surface area (TPSA) is 154 Å². The summed E-state index contributed by atoms with van der Waals surface area (Å²) in [4.78, 5) is 23.6. The number of halogens is 3. The molecule has 0 bridgehead atoms. The van der Waals surface area contributed by atoms with E-state index in [2.05, 4.69) is 20.7 Å². The van der Waals surface area contributed by atoms with E-state index in [1.165, 1.54) is 29.3 Å². The van der Waals surface area contributed by atoms with Crippen LogP contribution >= 0.6 is 0 Å². The molecular weight excluding hydrogens is 613 g/mol. The first-order valence-electron chi connectivity index (χ1n) is 14.4. The molecule has 0 saturated carbocycles. The lowest BCUT2D eigenvalue weighted by Crippen LogP contribution is -2.61. The van der Waals surface area contributed by atoms with Crippen LogP contribution in [0, 0.1) is 28.8 Å². The van der Waals surface area contributed by atoms with E-state index >= 15 is 0 Å². The molecule has 1 aliphatic rings. The Balaban J connectivity index is 1.43. The lowest BCUT2D eigenvalue weighted by molar-refractivity contribution is 0.0937. The molecule has 3 aromatic carbocycles. The van der Waals surface area contributed by atoms with Crippen LogP contribution in [0.15, 0.2) is 85.3 Å². The van der Waals surface area contributed by atoms with Crippen molar-refractivity contribution >= 4 is 23.2 Å². The van der Waals surface area contributed by atoms with Crippen LogP contribution in [0.3, 0.4) is 0 Å². The number of fused-ring (bicyclic) bond motifs is 1. The monoisotopic (exact) mass is 640 g/mol. The highest BCUT2D eigenvalue weighted by Gasteiger charge is 2.40. The zero-order valence-corrected chi connectivity index (χ0v) is 24.6. The van der Waals surface area contributed by atoms with E-state index in [0.717, 1.165) is 34.7 Å². The predicted octanol–water partition coefficient (Wildman–Crippen LogP) is 5.14. The summed E-state index contributed by atoms with van der Waals surface area (Å²) in [5.74, 6) is -3.53. The van der Waals surface area contributed by atoms with Gasteiger partial charge in [0, 0.05) is 24.9 Å². The SMILES string of the molecule is N#Cc1ccn2c1C(=O)N(c1cc(F)cc(F)c1)C([C@H](CCOCc1ccccc1)Nc1ncnc(N)c1-c1cc(O)cc(F)c1)N2. The molecule has 0 saturated heterocycles. The molecule has 0 radical (unpaired) electrons. The maximum absolute atomic E-state index is 14.6. The molecule has 1 amide bonds. The quantitative estimate of drug-likeness (QED) is 0.152. The van der Waals surface area contributed by atoms with Gasteiger partial charge in [0.05, 0.1) is 29.5 Å². The van der Waals surface area contributed by atoms with E-state index in [4.69, 9.17) is 10.5 Å². The van der Waals surface area contributed by atoms with Crippen LogP contribution in [0.5, 0.6) is 5.75 Å². The van der Waals surface area contributed by atoms with Crippen LogP contribution in [-0.4, -0.2) is 44.5 Å². The minimum atomic E-state index is -1.07. The number of nitriles is 1. The number of benzene rings is 3. The lowest BCUT2D eigenvalue weighted by Gasteiger charge is -2.42. The van der Waals surface area contributed by atoms with Crippen LogP contribution in [0.2, 0.25) is 0 Å². The van der Waals surface area contributed by atoms with Crippen molar-refractivity contribution in [3.05, 3.63) is 120 Å². The molecule has 238 valence electrons. The molecule has 2 atom stereocenters. The van der Waals surface area contributed by atoms with Gasteiger partial charge in [-0.05, 0) is 47.9 Å². The lowest BCUT2D eigenvalue weighted by atomic mass is 10.0. The second kappa shape index (κ2) is 13.1. The molecular formula is C33H27F3N8O3. The zero-order chi connectivity index (χ0) is 33.1. The van der Waals surface area contributed by atoms with Gasteiger partial charge < -0.3 is 26.3 Å². The van der Waals surface area contributed by atoms with Crippen LogP contribution in [0.1, 0.15) is 28.0 Å². The Morgan fingerprint density at radius 2 is 1.79 bits per heavy atom. The molecule has 0 aliphatic carbocycles. The van der Waals surface area contributed by atoms with Crippen molar-refractivity contribution < 1.29 is 27.8 Å². The number of ether oxygens (including phenoxy) is 1. The van der Waals surface area contributed by atoms with Crippen molar-refractivity contribution in [3.8, 4) is 22.9 Å². The molecule has 11 nitrogen and oxygen atoms in total. The molecule has 14 heteroatoms. The Morgan fingerprint density at radius 3 is 2.51 bits per heavy atom. The Hall–Kier alpha value is -6.07. The molecule has 1 unspecified atom stereocenters. The first-order chi connectivity index (χ1) is 22.7. The summed E-state index contributed by atoms with van der Waals surface area (Å²) in [6, 6.07) is 18.1. The number of aromatic hydroxyl groups is 1. The predicted molar refractivity (Wildman–Crippen MR) is 167 cm³/mol. The standard InChI is InChI=1S/C33H27F3N8O3/c34-22-10-21(11-26(45)15-22)28-30(38)39-18-40-31(28)41-27(7-9-47-17-19-4-2-1-3-5-19)32-42-43-8-6-20(16-37)29(43)33(46)44(32)25-13-23(35)12-24(36)14-25/h1-6,8,10-15,18,27,32,42,45H,7,9,17H2,(H3,38,39,40,41)/t27-,32?/m0/s1. The maximum Gasteiger partial charge on any atom is 0.280 e. The van der Waals surface area contributed by atoms with E-state index in [1.54, 1.807) is 0 Å². The largest absolute Gasteiger partial charge is 0.508 e. The molecule has 1 aliphatic heterocycles. The number of rotatable bonds is 10. The normalized spacial score (nSPS) is 14.6. The van der Waals surface area contributed by atoms with Crippen LogP contribution in [0.4, 0.5) is 30.5 Å². The van der Waals surface area contributed by atoms with Gasteiger partial charge in [0.1, 0.15) is 59.1 Å². The van der Waals surface area contributed by atoms with Crippen molar-refractivity contribution in [2.45, 2.75) is 25.2 Å². The Kier molecular flexibility index (Phi) is 8.63. The third-order valence-electron chi connectivity index (χ3n) is 7.54. The number of nitrogens with two attached hydrogens (primary N) is 1. The van der Waals surface area contributed by atoms with Gasteiger partial charge in [0.25, 0.3) is 5.91 Å². The minimum Gasteiger partial charge on any atom is -0.508 e. The van der Waals surface area contributed by atoms with Gasteiger partial charge in [-0.25, -0.2) is 23.1 Å². The van der Waals surface area contributed by atoms with Crippen molar-refractivity contribution in [1.29, 1.82) is 5.26 Å². The smallest absolute Gasteiger partial charge is 0.280 e. The van der Waals surface area contributed by atoms with Gasteiger partial charge in [0.15, 0.2) is 0 Å². The number of phenolic OH excluding ortho intramolecular Hbond substituents is 1. The van der Waals surface area contributed by atoms with Crippen molar-refractivity contribution in [2.75, 3.05) is 28.0 Å². The second-order valence-electron chi connectivity index (χ2n) is 10.7. The summed E-state index contributed by atoms with van der Waals surface area (Å²) in [7, 11) is 0. The van der Waals surface area contributed by atoms with Crippen LogP contribution < -0.4 is 21.4 Å². The molecule has 47 heavy (non-hydrogen) atoms. The molecule has 2 aromatic heterocycles. The first-order valence-corrected chi connectivity index (χ1v) is 14.4. The van der Waals surface area contributed by atoms with E-state index < -0.39 is 35.6 Å². The number of nitrogen functional groups attached to an aromatic ring is 1. The number of phenols is 1. The van der Waals surface area contributed by atoms with Gasteiger partial charge in [-0.1, -0.05) is 30.3 Å². The second-order valence-corrected chi connectivity index (χ2v) is 10.7. The molecule has 0 spiro atoms. The average molecular weight is 641 g/mol. The fraction of sp³-hybridized carbons (Fsp3) is 0.152. The van der Waals surface area contributed by atoms with Crippen molar-refractivity contribution in [3.63, 3.8) is 0 Å².